The van der Waals surface area contributed by atoms with E-state index in [-0.39, 0.29) is 18.0 Å². The second kappa shape index (κ2) is 7.78. The predicted molar refractivity (Wildman–Crippen MR) is 107 cm³/mol. The summed E-state index contributed by atoms with van der Waals surface area (Å²) >= 11 is 6.18. The van der Waals surface area contributed by atoms with Crippen LogP contribution in [0.15, 0.2) is 18.2 Å². The van der Waals surface area contributed by atoms with Gasteiger partial charge in [-0.3, -0.25) is 4.79 Å². The molecule has 140 valence electrons. The third kappa shape index (κ3) is 4.44. The third-order valence-electron chi connectivity index (χ3n) is 4.52. The molecule has 0 spiro atoms. The fourth-order valence-corrected chi connectivity index (χ4v) is 3.24. The van der Waals surface area contributed by atoms with E-state index in [1.54, 1.807) is 0 Å². The molecular formula is C20H27ClN4O. The molecule has 0 saturated heterocycles. The number of fused-ring (bicyclic) bond motifs is 1. The average molecular weight is 375 g/mol. The Balaban J connectivity index is 1.95. The first-order valence-corrected chi connectivity index (χ1v) is 9.76. The van der Waals surface area contributed by atoms with Crippen molar-refractivity contribution in [2.75, 3.05) is 11.4 Å². The molecule has 0 unspecified atom stereocenters. The molecule has 1 aromatic heterocycles. The van der Waals surface area contributed by atoms with Crippen LogP contribution in [0.3, 0.4) is 0 Å². The molecule has 1 fully saturated rings. The van der Waals surface area contributed by atoms with Gasteiger partial charge in [-0.25, -0.2) is 9.97 Å². The summed E-state index contributed by atoms with van der Waals surface area (Å²) in [6.45, 7) is 8.82. The number of rotatable bonds is 7. The van der Waals surface area contributed by atoms with Crippen molar-refractivity contribution >= 4 is 34.2 Å². The Kier molecular flexibility index (Phi) is 5.66. The number of carbonyl (C=O) groups excluding carboxylic acids is 1. The summed E-state index contributed by atoms with van der Waals surface area (Å²) < 4.78 is 0. The number of anilines is 1. The lowest BCUT2D eigenvalue weighted by Crippen LogP contribution is -2.37. The van der Waals surface area contributed by atoms with Crippen molar-refractivity contribution in [3.63, 3.8) is 0 Å². The van der Waals surface area contributed by atoms with Crippen molar-refractivity contribution in [2.45, 2.75) is 65.0 Å². The van der Waals surface area contributed by atoms with E-state index in [0.29, 0.717) is 23.9 Å². The van der Waals surface area contributed by atoms with Gasteiger partial charge in [-0.1, -0.05) is 11.6 Å². The molecule has 5 nitrogen and oxygen atoms in total. The van der Waals surface area contributed by atoms with Crippen molar-refractivity contribution in [2.24, 2.45) is 0 Å². The highest BCUT2D eigenvalue weighted by Crippen LogP contribution is 2.40. The van der Waals surface area contributed by atoms with Gasteiger partial charge in [0.15, 0.2) is 0 Å². The summed E-state index contributed by atoms with van der Waals surface area (Å²) in [4.78, 5) is 23.9. The molecule has 1 aliphatic rings. The highest BCUT2D eigenvalue weighted by atomic mass is 35.5. The first-order valence-electron chi connectivity index (χ1n) is 9.38. The van der Waals surface area contributed by atoms with Crippen LogP contribution in [-0.2, 0) is 4.79 Å². The van der Waals surface area contributed by atoms with Crippen LogP contribution in [0.25, 0.3) is 10.9 Å². The summed E-state index contributed by atoms with van der Waals surface area (Å²) in [7, 11) is 0. The van der Waals surface area contributed by atoms with Gasteiger partial charge >= 0.3 is 0 Å². The molecule has 1 N–H and O–H groups in total. The molecule has 0 bridgehead atoms. The van der Waals surface area contributed by atoms with Gasteiger partial charge in [-0.05, 0) is 58.7 Å². The highest BCUT2D eigenvalue weighted by Gasteiger charge is 2.29. The first-order chi connectivity index (χ1) is 12.3. The zero-order valence-electron chi connectivity index (χ0n) is 15.9. The third-order valence-corrected chi connectivity index (χ3v) is 4.76. The standard InChI is InChI=1S/C20H27ClN4O/c1-12(2)22-18(26)9-10-25(13(3)4)20-16-8-7-15(21)11-17(16)23-19(24-20)14-5-6-14/h7-8,11-14H,5-6,9-10H2,1-4H3,(H,22,26). The molecule has 1 aromatic carbocycles. The average Bonchev–Trinajstić information content (AvgIpc) is 3.38. The van der Waals surface area contributed by atoms with Crippen LogP contribution in [0, 0.1) is 0 Å². The molecule has 0 atom stereocenters. The summed E-state index contributed by atoms with van der Waals surface area (Å²) in [5.41, 5.74) is 0.877. The Morgan fingerprint density at radius 1 is 1.27 bits per heavy atom. The van der Waals surface area contributed by atoms with Crippen LogP contribution in [0.1, 0.15) is 58.7 Å². The van der Waals surface area contributed by atoms with Gasteiger partial charge in [0.25, 0.3) is 0 Å². The lowest BCUT2D eigenvalue weighted by Gasteiger charge is -2.29. The maximum absolute atomic E-state index is 12.1. The van der Waals surface area contributed by atoms with Crippen LogP contribution in [0.5, 0.6) is 0 Å². The minimum atomic E-state index is 0.0643. The summed E-state index contributed by atoms with van der Waals surface area (Å²) in [6.07, 6.45) is 2.72. The lowest BCUT2D eigenvalue weighted by atomic mass is 10.1. The molecule has 1 aliphatic carbocycles. The SMILES string of the molecule is CC(C)NC(=O)CCN(c1nc(C2CC2)nc2cc(Cl)ccc12)C(C)C. The Labute approximate surface area is 160 Å². The zero-order valence-corrected chi connectivity index (χ0v) is 16.7. The summed E-state index contributed by atoms with van der Waals surface area (Å²) in [5, 5.41) is 4.62. The number of halogens is 1. The Morgan fingerprint density at radius 2 is 2.00 bits per heavy atom. The van der Waals surface area contributed by atoms with Crippen LogP contribution in [-0.4, -0.2) is 34.5 Å². The monoisotopic (exact) mass is 374 g/mol. The van der Waals surface area contributed by atoms with Crippen LogP contribution in [0.4, 0.5) is 5.82 Å². The molecule has 1 heterocycles. The van der Waals surface area contributed by atoms with E-state index in [0.717, 1.165) is 35.4 Å². The maximum atomic E-state index is 12.1. The van der Waals surface area contributed by atoms with Crippen LogP contribution < -0.4 is 10.2 Å². The number of benzene rings is 1. The molecule has 0 aliphatic heterocycles. The quantitative estimate of drug-likeness (QED) is 0.785. The number of hydrogen-bond donors (Lipinski definition) is 1. The predicted octanol–water partition coefficient (Wildman–Crippen LogP) is 4.29. The Hall–Kier alpha value is -1.88. The zero-order chi connectivity index (χ0) is 18.8. The summed E-state index contributed by atoms with van der Waals surface area (Å²) in [5.74, 6) is 2.32. The van der Waals surface area contributed by atoms with E-state index in [4.69, 9.17) is 21.6 Å². The molecule has 3 rings (SSSR count). The van der Waals surface area contributed by atoms with Gasteiger partial charge < -0.3 is 10.2 Å². The fraction of sp³-hybridized carbons (Fsp3) is 0.550. The van der Waals surface area contributed by atoms with Gasteiger partial charge in [0.1, 0.15) is 11.6 Å². The Morgan fingerprint density at radius 3 is 2.62 bits per heavy atom. The van der Waals surface area contributed by atoms with Crippen molar-refractivity contribution in [1.82, 2.24) is 15.3 Å². The molecule has 1 amide bonds. The van der Waals surface area contributed by atoms with E-state index in [9.17, 15) is 4.79 Å². The normalized spacial score (nSPS) is 14.3. The van der Waals surface area contributed by atoms with E-state index < -0.39 is 0 Å². The van der Waals surface area contributed by atoms with Crippen LogP contribution in [0.2, 0.25) is 5.02 Å². The molecule has 2 aromatic rings. The number of hydrogen-bond acceptors (Lipinski definition) is 4. The number of carbonyl (C=O) groups is 1. The highest BCUT2D eigenvalue weighted by molar-refractivity contribution is 6.31. The minimum Gasteiger partial charge on any atom is -0.354 e. The van der Waals surface area contributed by atoms with E-state index in [2.05, 4.69) is 24.1 Å². The number of amides is 1. The van der Waals surface area contributed by atoms with Crippen molar-refractivity contribution in [3.8, 4) is 0 Å². The van der Waals surface area contributed by atoms with Crippen molar-refractivity contribution in [1.29, 1.82) is 0 Å². The molecular weight excluding hydrogens is 348 g/mol. The molecule has 0 radical (unpaired) electrons. The van der Waals surface area contributed by atoms with Gasteiger partial charge in [-0.15, -0.1) is 0 Å². The van der Waals surface area contributed by atoms with Crippen LogP contribution >= 0.6 is 11.6 Å². The van der Waals surface area contributed by atoms with E-state index >= 15 is 0 Å². The molecule has 6 heteroatoms. The van der Waals surface area contributed by atoms with Gasteiger partial charge in [0.05, 0.1) is 5.52 Å². The molecule has 26 heavy (non-hydrogen) atoms. The van der Waals surface area contributed by atoms with E-state index in [1.165, 1.54) is 0 Å². The van der Waals surface area contributed by atoms with Crippen molar-refractivity contribution < 1.29 is 4.79 Å². The number of aromatic nitrogens is 2. The van der Waals surface area contributed by atoms with Gasteiger partial charge in [0, 0.05) is 41.4 Å². The van der Waals surface area contributed by atoms with Gasteiger partial charge in [-0.2, -0.15) is 0 Å². The fourth-order valence-electron chi connectivity index (χ4n) is 3.07. The first kappa shape index (κ1) is 18.9. The second-order valence-electron chi connectivity index (χ2n) is 7.60. The lowest BCUT2D eigenvalue weighted by molar-refractivity contribution is -0.121. The summed E-state index contributed by atoms with van der Waals surface area (Å²) in [6, 6.07) is 6.13. The largest absolute Gasteiger partial charge is 0.354 e. The smallest absolute Gasteiger partial charge is 0.221 e. The minimum absolute atomic E-state index is 0.0643. The number of nitrogens with zero attached hydrogens (tertiary/aromatic N) is 3. The second-order valence-corrected chi connectivity index (χ2v) is 8.04. The van der Waals surface area contributed by atoms with E-state index in [1.807, 2.05) is 32.0 Å². The topological polar surface area (TPSA) is 58.1 Å². The molecule has 1 saturated carbocycles. The van der Waals surface area contributed by atoms with Crippen molar-refractivity contribution in [3.05, 3.63) is 29.0 Å². The number of nitrogens with one attached hydrogen (secondary N) is 1. The maximum Gasteiger partial charge on any atom is 0.221 e. The Bertz CT molecular complexity index is 802. The van der Waals surface area contributed by atoms with Gasteiger partial charge in [0.2, 0.25) is 5.91 Å².